The fraction of sp³-hybridized carbons (Fsp3) is 0.179. The maximum Gasteiger partial charge on any atom is 0.161 e. The summed E-state index contributed by atoms with van der Waals surface area (Å²) in [5.74, 6) is 0.920. The molecule has 180 valence electrons. The molecule has 4 aromatic rings. The van der Waals surface area contributed by atoms with Gasteiger partial charge in [-0.1, -0.05) is 54.1 Å². The molecule has 0 saturated heterocycles. The summed E-state index contributed by atoms with van der Waals surface area (Å²) in [4.78, 5) is 4.67. The molecule has 3 aromatic carbocycles. The van der Waals surface area contributed by atoms with Crippen LogP contribution >= 0.6 is 11.6 Å². The number of nitrogens with two attached hydrogens (primary N) is 1. The third-order valence-electron chi connectivity index (χ3n) is 5.67. The standard InChI is InChI=1S/C28H27ClN2O4/c1-34-26-12-19(15-30)24(14-27(26)35-17-21(33)16-32)22-10-9-20(29)13-25(22)23-8-5-11-31-28(23)18-6-3-2-4-7-18/h2-14,21,32-33H,15-17,30H2,1H3. The molecule has 1 atom stereocenters. The summed E-state index contributed by atoms with van der Waals surface area (Å²) < 4.78 is 11.3. The number of nitrogens with zero attached hydrogens (tertiary/aromatic N) is 1. The van der Waals surface area contributed by atoms with Gasteiger partial charge in [-0.15, -0.1) is 0 Å². The minimum atomic E-state index is -1.01. The highest BCUT2D eigenvalue weighted by atomic mass is 35.5. The lowest BCUT2D eigenvalue weighted by molar-refractivity contribution is 0.0527. The van der Waals surface area contributed by atoms with E-state index in [0.717, 1.165) is 39.1 Å². The molecule has 0 saturated carbocycles. The predicted octanol–water partition coefficient (Wildman–Crippen LogP) is 4.94. The molecule has 4 N–H and O–H groups in total. The number of benzene rings is 3. The highest BCUT2D eigenvalue weighted by Gasteiger charge is 2.19. The first-order chi connectivity index (χ1) is 17.0. The van der Waals surface area contributed by atoms with E-state index in [0.29, 0.717) is 16.5 Å². The quantitative estimate of drug-likeness (QED) is 0.307. The number of pyridine rings is 1. The summed E-state index contributed by atoms with van der Waals surface area (Å²) >= 11 is 6.46. The summed E-state index contributed by atoms with van der Waals surface area (Å²) in [6, 6.07) is 23.3. The number of halogens is 1. The van der Waals surface area contributed by atoms with Crippen molar-refractivity contribution in [1.82, 2.24) is 4.98 Å². The van der Waals surface area contributed by atoms with Crippen LogP contribution < -0.4 is 15.2 Å². The fourth-order valence-electron chi connectivity index (χ4n) is 3.96. The third kappa shape index (κ3) is 5.47. The molecule has 7 heteroatoms. The van der Waals surface area contributed by atoms with Crippen LogP contribution in [-0.2, 0) is 6.54 Å². The van der Waals surface area contributed by atoms with Crippen molar-refractivity contribution in [3.05, 3.63) is 89.6 Å². The minimum Gasteiger partial charge on any atom is -0.493 e. The maximum absolute atomic E-state index is 9.77. The normalized spacial score (nSPS) is 11.8. The monoisotopic (exact) mass is 490 g/mol. The zero-order valence-electron chi connectivity index (χ0n) is 19.3. The van der Waals surface area contributed by atoms with Crippen LogP contribution in [0.2, 0.25) is 5.02 Å². The van der Waals surface area contributed by atoms with Gasteiger partial charge in [-0.25, -0.2) is 0 Å². The molecule has 0 aliphatic rings. The number of aromatic nitrogens is 1. The number of hydrogen-bond acceptors (Lipinski definition) is 6. The first kappa shape index (κ1) is 24.7. The molecular weight excluding hydrogens is 464 g/mol. The van der Waals surface area contributed by atoms with Crippen molar-refractivity contribution in [2.24, 2.45) is 5.73 Å². The number of rotatable bonds is 9. The maximum atomic E-state index is 9.77. The number of aliphatic hydroxyl groups excluding tert-OH is 2. The topological polar surface area (TPSA) is 97.8 Å². The minimum absolute atomic E-state index is 0.0808. The Balaban J connectivity index is 1.91. The van der Waals surface area contributed by atoms with Gasteiger partial charge in [0.2, 0.25) is 0 Å². The number of aliphatic hydroxyl groups is 2. The van der Waals surface area contributed by atoms with E-state index >= 15 is 0 Å². The summed E-state index contributed by atoms with van der Waals surface area (Å²) in [5.41, 5.74) is 12.4. The average molecular weight is 491 g/mol. The van der Waals surface area contributed by atoms with Crippen LogP contribution in [0.15, 0.2) is 79.0 Å². The Kier molecular flexibility index (Phi) is 8.00. The lowest BCUT2D eigenvalue weighted by atomic mass is 9.89. The smallest absolute Gasteiger partial charge is 0.161 e. The molecule has 1 heterocycles. The van der Waals surface area contributed by atoms with Gasteiger partial charge in [-0.3, -0.25) is 4.98 Å². The average Bonchev–Trinajstić information content (AvgIpc) is 2.91. The number of methoxy groups -OCH3 is 1. The first-order valence-electron chi connectivity index (χ1n) is 11.2. The molecule has 0 aliphatic heterocycles. The van der Waals surface area contributed by atoms with Crippen LogP contribution in [0, 0.1) is 0 Å². The van der Waals surface area contributed by atoms with E-state index in [-0.39, 0.29) is 13.2 Å². The van der Waals surface area contributed by atoms with Crippen molar-refractivity contribution < 1.29 is 19.7 Å². The first-order valence-corrected chi connectivity index (χ1v) is 11.6. The van der Waals surface area contributed by atoms with Crippen molar-refractivity contribution in [2.45, 2.75) is 12.6 Å². The van der Waals surface area contributed by atoms with E-state index in [2.05, 4.69) is 4.98 Å². The Hall–Kier alpha value is -3.42. The van der Waals surface area contributed by atoms with E-state index in [1.807, 2.05) is 72.8 Å². The second-order valence-corrected chi connectivity index (χ2v) is 8.40. The lowest BCUT2D eigenvalue weighted by Crippen LogP contribution is -2.21. The zero-order valence-corrected chi connectivity index (χ0v) is 20.1. The van der Waals surface area contributed by atoms with Crippen LogP contribution in [0.1, 0.15) is 5.56 Å². The van der Waals surface area contributed by atoms with Crippen molar-refractivity contribution in [1.29, 1.82) is 0 Å². The Morgan fingerprint density at radius 2 is 1.71 bits per heavy atom. The Bertz CT molecular complexity index is 1300. The molecule has 35 heavy (non-hydrogen) atoms. The lowest BCUT2D eigenvalue weighted by Gasteiger charge is -2.20. The Morgan fingerprint density at radius 1 is 0.914 bits per heavy atom. The van der Waals surface area contributed by atoms with Crippen LogP contribution in [0.3, 0.4) is 0 Å². The van der Waals surface area contributed by atoms with Crippen molar-refractivity contribution in [3.63, 3.8) is 0 Å². The van der Waals surface area contributed by atoms with Gasteiger partial charge < -0.3 is 25.4 Å². The van der Waals surface area contributed by atoms with E-state index in [1.165, 1.54) is 0 Å². The van der Waals surface area contributed by atoms with Gasteiger partial charge in [0.15, 0.2) is 11.5 Å². The van der Waals surface area contributed by atoms with Crippen molar-refractivity contribution in [3.8, 4) is 45.0 Å². The van der Waals surface area contributed by atoms with Gasteiger partial charge >= 0.3 is 0 Å². The van der Waals surface area contributed by atoms with Gasteiger partial charge in [0.25, 0.3) is 0 Å². The molecule has 0 radical (unpaired) electrons. The summed E-state index contributed by atoms with van der Waals surface area (Å²) in [7, 11) is 1.54. The Labute approximate surface area is 209 Å². The van der Waals surface area contributed by atoms with E-state index < -0.39 is 12.7 Å². The van der Waals surface area contributed by atoms with Crippen molar-refractivity contribution >= 4 is 11.6 Å². The number of ether oxygens (including phenoxy) is 2. The number of hydrogen-bond donors (Lipinski definition) is 3. The van der Waals surface area contributed by atoms with Gasteiger partial charge in [-0.2, -0.15) is 0 Å². The molecule has 1 unspecified atom stereocenters. The van der Waals surface area contributed by atoms with E-state index in [4.69, 9.17) is 31.9 Å². The van der Waals surface area contributed by atoms with Gasteiger partial charge in [-0.05, 0) is 52.6 Å². The molecule has 0 spiro atoms. The zero-order chi connectivity index (χ0) is 24.8. The van der Waals surface area contributed by atoms with Crippen LogP contribution in [0.4, 0.5) is 0 Å². The predicted molar refractivity (Wildman–Crippen MR) is 139 cm³/mol. The molecular formula is C28H27ClN2O4. The molecule has 4 rings (SSSR count). The summed E-state index contributed by atoms with van der Waals surface area (Å²) in [6.07, 6.45) is 0.764. The molecule has 6 nitrogen and oxygen atoms in total. The van der Waals surface area contributed by atoms with Crippen LogP contribution in [0.25, 0.3) is 33.5 Å². The van der Waals surface area contributed by atoms with Crippen LogP contribution in [-0.4, -0.2) is 41.6 Å². The molecule has 0 amide bonds. The molecule has 0 bridgehead atoms. The van der Waals surface area contributed by atoms with Gasteiger partial charge in [0, 0.05) is 28.9 Å². The third-order valence-corrected chi connectivity index (χ3v) is 5.90. The van der Waals surface area contributed by atoms with Gasteiger partial charge in [0.05, 0.1) is 19.4 Å². The van der Waals surface area contributed by atoms with E-state index in [9.17, 15) is 5.11 Å². The van der Waals surface area contributed by atoms with Crippen molar-refractivity contribution in [2.75, 3.05) is 20.3 Å². The molecule has 1 aromatic heterocycles. The summed E-state index contributed by atoms with van der Waals surface area (Å²) in [5, 5.41) is 19.5. The van der Waals surface area contributed by atoms with E-state index in [1.54, 1.807) is 13.3 Å². The summed E-state index contributed by atoms with van der Waals surface area (Å²) in [6.45, 7) is -0.213. The second-order valence-electron chi connectivity index (χ2n) is 7.97. The van der Waals surface area contributed by atoms with Gasteiger partial charge in [0.1, 0.15) is 12.7 Å². The largest absolute Gasteiger partial charge is 0.493 e. The van der Waals surface area contributed by atoms with Crippen LogP contribution in [0.5, 0.6) is 11.5 Å². The fourth-order valence-corrected chi connectivity index (χ4v) is 4.13. The molecule has 0 aliphatic carbocycles. The molecule has 0 fully saturated rings. The SMILES string of the molecule is COc1cc(CN)c(-c2ccc(Cl)cc2-c2cccnc2-c2ccccc2)cc1OCC(O)CO. The highest BCUT2D eigenvalue weighted by molar-refractivity contribution is 6.31. The second kappa shape index (κ2) is 11.3. The highest BCUT2D eigenvalue weighted by Crippen LogP contribution is 2.42. The Morgan fingerprint density at radius 3 is 2.43 bits per heavy atom.